The zero-order valence-electron chi connectivity index (χ0n) is 14.6. The standard InChI is InChI=1S/C20H33NO/c1-18-10-16-11-19(2,13-18)15-20(12-16,14-18)17(22)21-8-6-4-3-5-7-9-21/h16H,3-15H2,1-2H3. The molecule has 0 aromatic rings. The van der Waals surface area contributed by atoms with Crippen LogP contribution in [0.25, 0.3) is 0 Å². The summed E-state index contributed by atoms with van der Waals surface area (Å²) in [5, 5.41) is 0. The number of carbonyl (C=O) groups is 1. The van der Waals surface area contributed by atoms with Gasteiger partial charge in [0, 0.05) is 13.1 Å². The topological polar surface area (TPSA) is 20.3 Å². The van der Waals surface area contributed by atoms with Gasteiger partial charge >= 0.3 is 0 Å². The van der Waals surface area contributed by atoms with Crippen molar-refractivity contribution in [2.45, 2.75) is 84.5 Å². The van der Waals surface area contributed by atoms with Gasteiger partial charge in [-0.3, -0.25) is 4.79 Å². The van der Waals surface area contributed by atoms with Gasteiger partial charge in [-0.2, -0.15) is 0 Å². The zero-order chi connectivity index (χ0) is 15.4. The quantitative estimate of drug-likeness (QED) is 0.683. The summed E-state index contributed by atoms with van der Waals surface area (Å²) in [5.74, 6) is 1.38. The third-order valence-corrected chi connectivity index (χ3v) is 7.22. The molecule has 5 aliphatic rings. The first-order chi connectivity index (χ1) is 10.4. The highest BCUT2D eigenvalue weighted by Gasteiger charge is 2.63. The molecule has 2 unspecified atom stereocenters. The number of carbonyl (C=O) groups excluding carboxylic acids is 1. The van der Waals surface area contributed by atoms with Crippen LogP contribution < -0.4 is 0 Å². The fourth-order valence-corrected chi connectivity index (χ4v) is 7.47. The molecule has 0 aromatic carbocycles. The molecule has 5 fully saturated rings. The number of likely N-dealkylation sites (tertiary alicyclic amines) is 1. The third kappa shape index (κ3) is 2.41. The van der Waals surface area contributed by atoms with E-state index in [0.29, 0.717) is 16.7 Å². The number of rotatable bonds is 1. The van der Waals surface area contributed by atoms with E-state index >= 15 is 0 Å². The number of amides is 1. The normalized spacial score (nSPS) is 48.1. The monoisotopic (exact) mass is 303 g/mol. The number of hydrogen-bond donors (Lipinski definition) is 0. The largest absolute Gasteiger partial charge is 0.342 e. The molecule has 2 nitrogen and oxygen atoms in total. The SMILES string of the molecule is CC12CC3CC(C)(C1)CC(C(=O)N1CCCCCCC1)(C3)C2. The average molecular weight is 303 g/mol. The van der Waals surface area contributed by atoms with Gasteiger partial charge in [-0.05, 0) is 68.1 Å². The molecule has 1 heterocycles. The molecule has 2 heteroatoms. The molecule has 4 aliphatic carbocycles. The van der Waals surface area contributed by atoms with E-state index in [1.165, 1.54) is 70.6 Å². The van der Waals surface area contributed by atoms with Crippen molar-refractivity contribution in [1.29, 1.82) is 0 Å². The minimum Gasteiger partial charge on any atom is -0.342 e. The lowest BCUT2D eigenvalue weighted by Gasteiger charge is -2.65. The van der Waals surface area contributed by atoms with Gasteiger partial charge in [0.25, 0.3) is 0 Å². The van der Waals surface area contributed by atoms with Crippen LogP contribution in [0.5, 0.6) is 0 Å². The van der Waals surface area contributed by atoms with Crippen LogP contribution in [0.1, 0.15) is 84.5 Å². The summed E-state index contributed by atoms with van der Waals surface area (Å²) in [4.78, 5) is 15.8. The van der Waals surface area contributed by atoms with E-state index in [1.54, 1.807) is 0 Å². The molecule has 0 spiro atoms. The summed E-state index contributed by atoms with van der Waals surface area (Å²) < 4.78 is 0. The molecular weight excluding hydrogens is 270 g/mol. The van der Waals surface area contributed by atoms with Gasteiger partial charge in [-0.15, -0.1) is 0 Å². The maximum Gasteiger partial charge on any atom is 0.228 e. The van der Waals surface area contributed by atoms with Gasteiger partial charge in [-0.1, -0.05) is 33.1 Å². The lowest BCUT2D eigenvalue weighted by atomic mass is 9.40. The maximum absolute atomic E-state index is 13.5. The van der Waals surface area contributed by atoms with Crippen molar-refractivity contribution in [3.63, 3.8) is 0 Å². The Labute approximate surface area is 136 Å². The molecule has 4 saturated carbocycles. The van der Waals surface area contributed by atoms with Crippen molar-refractivity contribution < 1.29 is 4.79 Å². The molecule has 1 amide bonds. The van der Waals surface area contributed by atoms with Gasteiger partial charge in [0.05, 0.1) is 5.41 Å². The van der Waals surface area contributed by atoms with Crippen molar-refractivity contribution in [1.82, 2.24) is 4.90 Å². The Morgan fingerprint density at radius 3 is 1.91 bits per heavy atom. The highest BCUT2D eigenvalue weighted by molar-refractivity contribution is 5.83. The Hall–Kier alpha value is -0.530. The van der Waals surface area contributed by atoms with Crippen molar-refractivity contribution in [2.24, 2.45) is 22.2 Å². The van der Waals surface area contributed by atoms with Crippen LogP contribution in [0.3, 0.4) is 0 Å². The van der Waals surface area contributed by atoms with E-state index in [9.17, 15) is 4.79 Å². The predicted octanol–water partition coefficient (Wildman–Crippen LogP) is 4.78. The fourth-order valence-electron chi connectivity index (χ4n) is 7.47. The number of nitrogens with zero attached hydrogens (tertiary/aromatic N) is 1. The van der Waals surface area contributed by atoms with Crippen LogP contribution in [0.4, 0.5) is 0 Å². The van der Waals surface area contributed by atoms with Gasteiger partial charge in [0.1, 0.15) is 0 Å². The molecule has 1 saturated heterocycles. The van der Waals surface area contributed by atoms with Gasteiger partial charge in [-0.25, -0.2) is 0 Å². The molecule has 22 heavy (non-hydrogen) atoms. The summed E-state index contributed by atoms with van der Waals surface area (Å²) in [5.41, 5.74) is 0.918. The van der Waals surface area contributed by atoms with Crippen molar-refractivity contribution in [3.05, 3.63) is 0 Å². The minimum absolute atomic E-state index is 0.0160. The van der Waals surface area contributed by atoms with E-state index in [2.05, 4.69) is 18.7 Å². The molecule has 1 aliphatic heterocycles. The van der Waals surface area contributed by atoms with Gasteiger partial charge < -0.3 is 4.90 Å². The second-order valence-electron chi connectivity index (χ2n) is 9.97. The Morgan fingerprint density at radius 1 is 0.818 bits per heavy atom. The third-order valence-electron chi connectivity index (χ3n) is 7.22. The van der Waals surface area contributed by atoms with Crippen molar-refractivity contribution >= 4 is 5.91 Å². The lowest BCUT2D eigenvalue weighted by molar-refractivity contribution is -0.179. The van der Waals surface area contributed by atoms with E-state index < -0.39 is 0 Å². The molecule has 2 atom stereocenters. The first-order valence-electron chi connectivity index (χ1n) is 9.72. The predicted molar refractivity (Wildman–Crippen MR) is 89.5 cm³/mol. The first kappa shape index (κ1) is 15.0. The van der Waals surface area contributed by atoms with Crippen LogP contribution in [-0.2, 0) is 4.79 Å². The van der Waals surface area contributed by atoms with Gasteiger partial charge in [0.15, 0.2) is 0 Å². The van der Waals surface area contributed by atoms with Gasteiger partial charge in [0.2, 0.25) is 5.91 Å². The fraction of sp³-hybridized carbons (Fsp3) is 0.950. The molecule has 0 radical (unpaired) electrons. The van der Waals surface area contributed by atoms with E-state index in [-0.39, 0.29) is 5.41 Å². The van der Waals surface area contributed by atoms with Crippen LogP contribution in [0.15, 0.2) is 0 Å². The molecule has 5 rings (SSSR count). The molecular formula is C20H33NO. The summed E-state index contributed by atoms with van der Waals surface area (Å²) in [6.45, 7) is 7.01. The Balaban J connectivity index is 1.59. The molecule has 0 aromatic heterocycles. The van der Waals surface area contributed by atoms with Crippen LogP contribution in [-0.4, -0.2) is 23.9 Å². The summed E-state index contributed by atoms with van der Waals surface area (Å²) >= 11 is 0. The Morgan fingerprint density at radius 2 is 1.36 bits per heavy atom. The second kappa shape index (κ2) is 4.98. The molecule has 0 N–H and O–H groups in total. The zero-order valence-corrected chi connectivity index (χ0v) is 14.6. The highest BCUT2D eigenvalue weighted by atomic mass is 16.2. The van der Waals surface area contributed by atoms with Crippen molar-refractivity contribution in [3.8, 4) is 0 Å². The summed E-state index contributed by atoms with van der Waals surface area (Å²) in [7, 11) is 0. The second-order valence-corrected chi connectivity index (χ2v) is 9.97. The van der Waals surface area contributed by atoms with E-state index in [4.69, 9.17) is 0 Å². The average Bonchev–Trinajstić information content (AvgIpc) is 2.33. The van der Waals surface area contributed by atoms with Crippen LogP contribution in [0.2, 0.25) is 0 Å². The number of hydrogen-bond acceptors (Lipinski definition) is 1. The Kier molecular flexibility index (Phi) is 3.40. The van der Waals surface area contributed by atoms with Crippen LogP contribution in [0, 0.1) is 22.2 Å². The van der Waals surface area contributed by atoms with E-state index in [0.717, 1.165) is 19.0 Å². The van der Waals surface area contributed by atoms with Crippen molar-refractivity contribution in [2.75, 3.05) is 13.1 Å². The Bertz CT molecular complexity index is 444. The highest BCUT2D eigenvalue weighted by Crippen LogP contribution is 2.69. The minimum atomic E-state index is 0.0160. The first-order valence-corrected chi connectivity index (χ1v) is 9.72. The maximum atomic E-state index is 13.5. The van der Waals surface area contributed by atoms with Crippen LogP contribution >= 0.6 is 0 Å². The lowest BCUT2D eigenvalue weighted by Crippen LogP contribution is -2.60. The molecule has 4 bridgehead atoms. The smallest absolute Gasteiger partial charge is 0.228 e. The van der Waals surface area contributed by atoms with E-state index in [1.807, 2.05) is 0 Å². The summed E-state index contributed by atoms with van der Waals surface area (Å²) in [6.07, 6.45) is 14.1. The summed E-state index contributed by atoms with van der Waals surface area (Å²) in [6, 6.07) is 0. The molecule has 124 valence electrons.